The van der Waals surface area contributed by atoms with Crippen LogP contribution in [0.3, 0.4) is 0 Å². The van der Waals surface area contributed by atoms with Crippen molar-refractivity contribution >= 4 is 17.8 Å². The minimum absolute atomic E-state index is 0.118. The number of urea groups is 1. The Bertz CT molecular complexity index is 734. The summed E-state index contributed by atoms with van der Waals surface area (Å²) in [5.41, 5.74) is 0.687. The number of hydrogen-bond donors (Lipinski definition) is 2. The van der Waals surface area contributed by atoms with Crippen molar-refractivity contribution in [3.63, 3.8) is 0 Å². The first-order chi connectivity index (χ1) is 14.1. The lowest BCUT2D eigenvalue weighted by Gasteiger charge is -2.37. The highest BCUT2D eigenvalue weighted by Crippen LogP contribution is 2.14. The van der Waals surface area contributed by atoms with Crippen LogP contribution in [-0.4, -0.2) is 72.5 Å². The minimum atomic E-state index is -0.494. The Morgan fingerprint density at radius 3 is 2.20 bits per heavy atom. The third-order valence-corrected chi connectivity index (χ3v) is 5.11. The lowest BCUT2D eigenvalue weighted by molar-refractivity contribution is -0.134. The maximum absolute atomic E-state index is 12.5. The summed E-state index contributed by atoms with van der Waals surface area (Å²) in [6.45, 7) is 9.69. The van der Waals surface area contributed by atoms with Gasteiger partial charge >= 0.3 is 6.03 Å². The number of hydrogen-bond acceptors (Lipinski definition) is 5. The second-order valence-electron chi connectivity index (χ2n) is 8.63. The van der Waals surface area contributed by atoms with E-state index in [1.54, 1.807) is 14.0 Å². The van der Waals surface area contributed by atoms with Crippen LogP contribution in [0.4, 0.5) is 4.79 Å². The fourth-order valence-electron chi connectivity index (χ4n) is 3.31. The van der Waals surface area contributed by atoms with Crippen molar-refractivity contribution < 1.29 is 19.1 Å². The molecule has 8 nitrogen and oxygen atoms in total. The fraction of sp³-hybridized carbons (Fsp3) is 0.591. The number of imide groups is 1. The molecule has 1 aliphatic heterocycles. The van der Waals surface area contributed by atoms with Crippen molar-refractivity contribution in [2.24, 2.45) is 0 Å². The Kier molecular flexibility index (Phi) is 8.23. The summed E-state index contributed by atoms with van der Waals surface area (Å²) in [6.07, 6.45) is 1.14. The molecule has 8 heteroatoms. The van der Waals surface area contributed by atoms with Crippen molar-refractivity contribution in [2.75, 3.05) is 33.3 Å². The Hall–Kier alpha value is -2.61. The predicted octanol–water partition coefficient (Wildman–Crippen LogP) is 1.78. The van der Waals surface area contributed by atoms with E-state index in [4.69, 9.17) is 4.74 Å². The molecule has 0 aliphatic carbocycles. The van der Waals surface area contributed by atoms with Crippen LogP contribution in [0.25, 0.3) is 0 Å². The molecule has 0 saturated carbocycles. The zero-order valence-electron chi connectivity index (χ0n) is 18.7. The molecule has 2 N–H and O–H groups in total. The van der Waals surface area contributed by atoms with Crippen molar-refractivity contribution in [3.8, 4) is 5.75 Å². The van der Waals surface area contributed by atoms with Gasteiger partial charge < -0.3 is 15.0 Å². The predicted molar refractivity (Wildman–Crippen MR) is 115 cm³/mol. The van der Waals surface area contributed by atoms with Crippen LogP contribution in [0.15, 0.2) is 24.3 Å². The summed E-state index contributed by atoms with van der Waals surface area (Å²) in [7, 11) is 1.63. The van der Waals surface area contributed by atoms with Crippen molar-refractivity contribution in [1.82, 2.24) is 20.4 Å². The van der Waals surface area contributed by atoms with Gasteiger partial charge in [-0.2, -0.15) is 0 Å². The SMILES string of the molecule is COc1ccc(CCC(=O)N2CCN(C(C)C(=O)NC(=O)NC(C)(C)C)CC2)cc1. The number of amides is 4. The Morgan fingerprint density at radius 2 is 1.67 bits per heavy atom. The van der Waals surface area contributed by atoms with Gasteiger partial charge in [-0.25, -0.2) is 4.79 Å². The summed E-state index contributed by atoms with van der Waals surface area (Å²) in [5, 5.41) is 5.11. The van der Waals surface area contributed by atoms with Gasteiger partial charge in [0.15, 0.2) is 0 Å². The van der Waals surface area contributed by atoms with Gasteiger partial charge in [-0.15, -0.1) is 0 Å². The minimum Gasteiger partial charge on any atom is -0.497 e. The van der Waals surface area contributed by atoms with Gasteiger partial charge in [-0.3, -0.25) is 19.8 Å². The highest BCUT2D eigenvalue weighted by molar-refractivity contribution is 5.97. The van der Waals surface area contributed by atoms with E-state index >= 15 is 0 Å². The number of piperazine rings is 1. The van der Waals surface area contributed by atoms with Gasteiger partial charge in [0.1, 0.15) is 5.75 Å². The van der Waals surface area contributed by atoms with Crippen LogP contribution < -0.4 is 15.4 Å². The number of nitrogens with one attached hydrogen (secondary N) is 2. The number of aryl methyl sites for hydroxylation is 1. The van der Waals surface area contributed by atoms with Crippen LogP contribution >= 0.6 is 0 Å². The highest BCUT2D eigenvalue weighted by atomic mass is 16.5. The molecule has 1 aliphatic rings. The lowest BCUT2D eigenvalue weighted by Crippen LogP contribution is -2.57. The van der Waals surface area contributed by atoms with E-state index in [1.165, 1.54) is 0 Å². The average molecular weight is 419 g/mol. The average Bonchev–Trinajstić information content (AvgIpc) is 2.70. The van der Waals surface area contributed by atoms with Gasteiger partial charge in [-0.05, 0) is 51.8 Å². The summed E-state index contributed by atoms with van der Waals surface area (Å²) in [5.74, 6) is 0.582. The van der Waals surface area contributed by atoms with E-state index in [1.807, 2.05) is 54.8 Å². The van der Waals surface area contributed by atoms with Gasteiger partial charge in [-0.1, -0.05) is 12.1 Å². The third kappa shape index (κ3) is 7.33. The first-order valence-corrected chi connectivity index (χ1v) is 10.4. The normalized spacial score (nSPS) is 16.0. The summed E-state index contributed by atoms with van der Waals surface area (Å²) in [4.78, 5) is 40.6. The van der Waals surface area contributed by atoms with Gasteiger partial charge in [0, 0.05) is 38.1 Å². The van der Waals surface area contributed by atoms with Crippen LogP contribution in [0.2, 0.25) is 0 Å². The zero-order chi connectivity index (χ0) is 22.3. The van der Waals surface area contributed by atoms with Gasteiger partial charge in [0.25, 0.3) is 0 Å². The molecule has 1 aromatic carbocycles. The van der Waals surface area contributed by atoms with E-state index in [9.17, 15) is 14.4 Å². The van der Waals surface area contributed by atoms with E-state index < -0.39 is 17.6 Å². The highest BCUT2D eigenvalue weighted by Gasteiger charge is 2.28. The molecule has 1 unspecified atom stereocenters. The van der Waals surface area contributed by atoms with E-state index in [0.29, 0.717) is 39.0 Å². The molecular formula is C22H34N4O4. The summed E-state index contributed by atoms with van der Waals surface area (Å²) >= 11 is 0. The number of rotatable bonds is 6. The maximum Gasteiger partial charge on any atom is 0.321 e. The molecule has 0 bridgehead atoms. The maximum atomic E-state index is 12.5. The van der Waals surface area contributed by atoms with Crippen molar-refractivity contribution in [3.05, 3.63) is 29.8 Å². The fourth-order valence-corrected chi connectivity index (χ4v) is 3.31. The number of benzene rings is 1. The summed E-state index contributed by atoms with van der Waals surface area (Å²) < 4.78 is 5.15. The Labute approximate surface area is 178 Å². The molecular weight excluding hydrogens is 384 g/mol. The monoisotopic (exact) mass is 418 g/mol. The zero-order valence-corrected chi connectivity index (χ0v) is 18.7. The first-order valence-electron chi connectivity index (χ1n) is 10.4. The number of nitrogens with zero attached hydrogens (tertiary/aromatic N) is 2. The molecule has 0 radical (unpaired) electrons. The molecule has 1 aromatic rings. The topological polar surface area (TPSA) is 91.0 Å². The number of carbonyl (C=O) groups excluding carboxylic acids is 3. The van der Waals surface area contributed by atoms with Crippen LogP contribution in [0.1, 0.15) is 39.7 Å². The first kappa shape index (κ1) is 23.7. The molecule has 4 amide bonds. The second-order valence-corrected chi connectivity index (χ2v) is 8.63. The van der Waals surface area contributed by atoms with E-state index in [0.717, 1.165) is 11.3 Å². The van der Waals surface area contributed by atoms with Crippen molar-refractivity contribution in [1.29, 1.82) is 0 Å². The lowest BCUT2D eigenvalue weighted by atomic mass is 10.1. The van der Waals surface area contributed by atoms with Gasteiger partial charge in [0.2, 0.25) is 11.8 Å². The number of methoxy groups -OCH3 is 1. The Balaban J connectivity index is 1.75. The van der Waals surface area contributed by atoms with Crippen LogP contribution in [0, 0.1) is 0 Å². The summed E-state index contributed by atoms with van der Waals surface area (Å²) in [6, 6.07) is 6.80. The molecule has 2 rings (SSSR count). The molecule has 0 spiro atoms. The van der Waals surface area contributed by atoms with Crippen LogP contribution in [-0.2, 0) is 16.0 Å². The Morgan fingerprint density at radius 1 is 1.07 bits per heavy atom. The molecule has 1 saturated heterocycles. The smallest absolute Gasteiger partial charge is 0.321 e. The van der Waals surface area contributed by atoms with E-state index in [2.05, 4.69) is 10.6 Å². The second kappa shape index (κ2) is 10.4. The molecule has 0 aromatic heterocycles. The van der Waals surface area contributed by atoms with Crippen molar-refractivity contribution in [2.45, 2.75) is 52.1 Å². The standard InChI is InChI=1S/C22H34N4O4/c1-16(20(28)23-21(29)24-22(2,3)4)25-12-14-26(15-13-25)19(27)11-8-17-6-9-18(30-5)10-7-17/h6-7,9-10,16H,8,11-15H2,1-5H3,(H2,23,24,28,29). The molecule has 1 fully saturated rings. The quantitative estimate of drug-likeness (QED) is 0.735. The molecule has 1 atom stereocenters. The van der Waals surface area contributed by atoms with Crippen LogP contribution in [0.5, 0.6) is 5.75 Å². The largest absolute Gasteiger partial charge is 0.497 e. The third-order valence-electron chi connectivity index (χ3n) is 5.11. The molecule has 1 heterocycles. The van der Waals surface area contributed by atoms with Gasteiger partial charge in [0.05, 0.1) is 13.2 Å². The number of carbonyl (C=O) groups is 3. The molecule has 166 valence electrons. The van der Waals surface area contributed by atoms with E-state index in [-0.39, 0.29) is 11.8 Å². The molecule has 30 heavy (non-hydrogen) atoms. The number of ether oxygens (including phenoxy) is 1.